The number of aliphatic hydroxyl groups is 1. The third-order valence-corrected chi connectivity index (χ3v) is 15.6. The van der Waals surface area contributed by atoms with E-state index in [-0.39, 0.29) is 46.1 Å². The lowest BCUT2D eigenvalue weighted by Crippen LogP contribution is -2.65. The molecule has 4 atom stereocenters. The average molecular weight is 688 g/mol. The maximum absolute atomic E-state index is 15.3. The van der Waals surface area contributed by atoms with Crippen LogP contribution in [0.3, 0.4) is 0 Å². The third kappa shape index (κ3) is 5.32. The summed E-state index contributed by atoms with van der Waals surface area (Å²) in [5.74, 6) is -0.922. The molecule has 6 rings (SSSR count). The Balaban J connectivity index is 1.60. The molecule has 0 amide bonds. The van der Waals surface area contributed by atoms with Crippen LogP contribution in [0, 0.1) is 18.8 Å². The zero-order valence-electron chi connectivity index (χ0n) is 30.6. The van der Waals surface area contributed by atoms with E-state index < -0.39 is 31.7 Å². The van der Waals surface area contributed by atoms with Crippen LogP contribution in [-0.4, -0.2) is 75.9 Å². The number of methoxy groups -OCH3 is 1. The van der Waals surface area contributed by atoms with Crippen molar-refractivity contribution in [2.24, 2.45) is 11.8 Å². The van der Waals surface area contributed by atoms with E-state index in [9.17, 15) is 9.90 Å². The van der Waals surface area contributed by atoms with Gasteiger partial charge in [0.1, 0.15) is 23.7 Å². The minimum atomic E-state index is -2.80. The number of ketones is 2. The van der Waals surface area contributed by atoms with E-state index in [4.69, 9.17) is 18.4 Å². The van der Waals surface area contributed by atoms with Crippen molar-refractivity contribution in [2.45, 2.75) is 76.9 Å². The van der Waals surface area contributed by atoms with E-state index in [0.29, 0.717) is 29.9 Å². The summed E-state index contributed by atoms with van der Waals surface area (Å²) in [4.78, 5) is 34.1. The monoisotopic (exact) mass is 687 g/mol. The van der Waals surface area contributed by atoms with Crippen molar-refractivity contribution in [1.82, 2.24) is 10.1 Å². The van der Waals surface area contributed by atoms with Crippen LogP contribution in [0.2, 0.25) is 18.1 Å². The van der Waals surface area contributed by atoms with Crippen LogP contribution in [0.1, 0.15) is 76.4 Å². The van der Waals surface area contributed by atoms with Crippen LogP contribution >= 0.6 is 0 Å². The van der Waals surface area contributed by atoms with E-state index >= 15 is 4.79 Å². The first-order valence-corrected chi connectivity index (χ1v) is 19.8. The second kappa shape index (κ2) is 12.1. The van der Waals surface area contributed by atoms with Crippen molar-refractivity contribution in [1.29, 1.82) is 0 Å². The lowest BCUT2D eigenvalue weighted by atomic mass is 9.58. The lowest BCUT2D eigenvalue weighted by Gasteiger charge is -2.55. The fourth-order valence-corrected chi connectivity index (χ4v) is 9.31. The van der Waals surface area contributed by atoms with Gasteiger partial charge >= 0.3 is 0 Å². The van der Waals surface area contributed by atoms with Gasteiger partial charge in [0.05, 0.1) is 18.8 Å². The van der Waals surface area contributed by atoms with Gasteiger partial charge < -0.3 is 28.4 Å². The number of allylic oxidation sites excluding steroid dienone is 1. The molecule has 0 bridgehead atoms. The molecule has 3 aromatic rings. The summed E-state index contributed by atoms with van der Waals surface area (Å²) in [5, 5.41) is 16.7. The minimum absolute atomic E-state index is 0.0474. The normalized spacial score (nSPS) is 23.6. The number of hydrogen-bond acceptors (Lipinski definition) is 10. The molecule has 11 heteroatoms. The maximum Gasteiger partial charge on any atom is 0.265 e. The highest BCUT2D eigenvalue weighted by Crippen LogP contribution is 2.60. The van der Waals surface area contributed by atoms with Crippen LogP contribution in [-0.2, 0) is 17.5 Å². The van der Waals surface area contributed by atoms with Crippen molar-refractivity contribution in [3.05, 3.63) is 81.3 Å². The average Bonchev–Trinajstić information content (AvgIpc) is 3.44. The van der Waals surface area contributed by atoms with Crippen molar-refractivity contribution >= 4 is 25.6 Å². The number of aryl methyl sites for hydroxylation is 1. The number of rotatable bonds is 8. The van der Waals surface area contributed by atoms with Gasteiger partial charge in [0, 0.05) is 31.1 Å². The molecule has 0 saturated heterocycles. The highest BCUT2D eigenvalue weighted by molar-refractivity contribution is 6.74. The molecule has 0 spiro atoms. The van der Waals surface area contributed by atoms with Gasteiger partial charge in [-0.3, -0.25) is 14.5 Å². The van der Waals surface area contributed by atoms with Crippen LogP contribution in [0.4, 0.5) is 5.69 Å². The maximum atomic E-state index is 15.3. The topological polar surface area (TPSA) is 115 Å². The molecule has 0 radical (unpaired) electrons. The van der Waals surface area contributed by atoms with Gasteiger partial charge in [-0.1, -0.05) is 51.1 Å². The molecule has 2 aromatic carbocycles. The number of carbonyl (C=O) groups excluding carboxylic acids is 2. The molecular weight excluding hydrogens is 639 g/mol. The number of benzene rings is 2. The van der Waals surface area contributed by atoms with Crippen molar-refractivity contribution in [3.63, 3.8) is 0 Å². The van der Waals surface area contributed by atoms with Crippen LogP contribution in [0.25, 0.3) is 0 Å². The van der Waals surface area contributed by atoms with Crippen molar-refractivity contribution < 1.29 is 33.1 Å². The molecule has 3 aliphatic rings. The number of nitrogens with zero attached hydrogens (tertiary/aromatic N) is 3. The van der Waals surface area contributed by atoms with Gasteiger partial charge in [-0.2, -0.15) is 0 Å². The first kappa shape index (κ1) is 34.9. The zero-order chi connectivity index (χ0) is 35.8. The number of aromatic nitrogens is 1. The van der Waals surface area contributed by atoms with Crippen LogP contribution in [0.15, 0.2) is 52.3 Å². The number of aliphatic hydroxyl groups excluding tert-OH is 1. The summed E-state index contributed by atoms with van der Waals surface area (Å²) in [7, 11) is 6.54. The second-order valence-electron chi connectivity index (χ2n) is 15.7. The minimum Gasteiger partial charge on any atom is -0.508 e. The van der Waals surface area contributed by atoms with Gasteiger partial charge in [-0.25, -0.2) is 0 Å². The molecule has 262 valence electrons. The number of ether oxygens (including phenoxy) is 2. The predicted molar refractivity (Wildman–Crippen MR) is 190 cm³/mol. The molecule has 0 unspecified atom stereocenters. The molecular formula is C38H49N3O7Si. The van der Waals surface area contributed by atoms with E-state index in [0.717, 1.165) is 22.4 Å². The Morgan fingerprint density at radius 2 is 1.76 bits per heavy atom. The fourth-order valence-electron chi connectivity index (χ4n) is 7.86. The van der Waals surface area contributed by atoms with Gasteiger partial charge in [-0.15, -0.1) is 0 Å². The molecule has 49 heavy (non-hydrogen) atoms. The third-order valence-electron chi connectivity index (χ3n) is 11.1. The number of hydrogen-bond donors (Lipinski definition) is 1. The quantitative estimate of drug-likeness (QED) is 0.246. The van der Waals surface area contributed by atoms with Crippen molar-refractivity contribution in [3.8, 4) is 11.6 Å². The fraction of sp³-hybridized carbons (Fsp3) is 0.500. The first-order valence-electron chi connectivity index (χ1n) is 16.9. The lowest BCUT2D eigenvalue weighted by molar-refractivity contribution is -0.0480. The molecule has 3 aliphatic carbocycles. The number of Topliss-reactive ketones (excluding diaryl/α,β-unsaturated/α-hetero) is 2. The Kier molecular flexibility index (Phi) is 8.65. The number of anilines is 1. The summed E-state index contributed by atoms with van der Waals surface area (Å²) in [6.07, 6.45) is 0.888. The molecule has 0 saturated carbocycles. The highest BCUT2D eigenvalue weighted by Gasteiger charge is 2.67. The summed E-state index contributed by atoms with van der Waals surface area (Å²) < 4.78 is 25.2. The Morgan fingerprint density at radius 3 is 2.35 bits per heavy atom. The largest absolute Gasteiger partial charge is 0.508 e. The van der Waals surface area contributed by atoms with E-state index in [2.05, 4.69) is 39.0 Å². The van der Waals surface area contributed by atoms with Gasteiger partial charge in [-0.05, 0) is 85.8 Å². The van der Waals surface area contributed by atoms with Crippen LogP contribution in [0.5, 0.6) is 11.6 Å². The summed E-state index contributed by atoms with van der Waals surface area (Å²) >= 11 is 0. The summed E-state index contributed by atoms with van der Waals surface area (Å²) in [6.45, 7) is 12.5. The summed E-state index contributed by atoms with van der Waals surface area (Å²) in [6, 6.07) is 11.0. The highest BCUT2D eigenvalue weighted by atomic mass is 28.4. The molecule has 10 nitrogen and oxygen atoms in total. The Morgan fingerprint density at radius 1 is 1.08 bits per heavy atom. The smallest absolute Gasteiger partial charge is 0.265 e. The second-order valence-corrected chi connectivity index (χ2v) is 20.4. The first-order chi connectivity index (χ1) is 23.0. The Bertz CT molecular complexity index is 1840. The standard InChI is InChI=1S/C38H49N3O7Si/c1-21-17-26(45-9)30(40(5)6)24-18-23-19-25-31(41(7)8)33-29(36(39-47-33)46-20-22-15-13-12-14-16-22)35(44)38(25,48-49(10,11)37(2,3)4)34(43)28(23)32(42)27(21)24/h12-17,23,25,31,43H,18-20H2,1-11H3/t23-,25-,31-,38-/m0/s1. The SMILES string of the molecule is COc1cc(C)c2c(c1N(C)C)C[C@H]1C[C@H]3[C@H](N(C)C)c4onc(OCc5ccccc5)c4C(=O)[C@@]3(O[Si](C)(C)C(C)(C)C)C(O)=C1C2=O. The zero-order valence-corrected chi connectivity index (χ0v) is 31.6. The van der Waals surface area contributed by atoms with Gasteiger partial charge in [0.15, 0.2) is 25.5 Å². The van der Waals surface area contributed by atoms with Crippen molar-refractivity contribution in [2.75, 3.05) is 40.2 Å². The van der Waals surface area contributed by atoms with E-state index in [1.807, 2.05) is 81.3 Å². The predicted octanol–water partition coefficient (Wildman–Crippen LogP) is 7.08. The Hall–Kier alpha value is -3.93. The summed E-state index contributed by atoms with van der Waals surface area (Å²) in [5.41, 5.74) is 2.45. The molecule has 0 aliphatic heterocycles. The molecule has 0 fully saturated rings. The molecule has 1 aromatic heterocycles. The Labute approximate surface area is 290 Å². The van der Waals surface area contributed by atoms with Crippen LogP contribution < -0.4 is 14.4 Å². The van der Waals surface area contributed by atoms with Gasteiger partial charge in [0.25, 0.3) is 5.88 Å². The van der Waals surface area contributed by atoms with E-state index in [1.54, 1.807) is 7.11 Å². The molecule has 1 N–H and O–H groups in total. The number of fused-ring (bicyclic) bond motifs is 4. The van der Waals surface area contributed by atoms with Gasteiger partial charge in [0.2, 0.25) is 5.78 Å². The number of carbonyl (C=O) groups is 2. The molecule has 1 heterocycles. The van der Waals surface area contributed by atoms with E-state index in [1.165, 1.54) is 0 Å².